The third-order valence-electron chi connectivity index (χ3n) is 2.83. The lowest BCUT2D eigenvalue weighted by Gasteiger charge is -2.21. The topological polar surface area (TPSA) is 87.3 Å². The van der Waals surface area contributed by atoms with Gasteiger partial charge in [-0.15, -0.1) is 0 Å². The van der Waals surface area contributed by atoms with Gasteiger partial charge in [0, 0.05) is 24.8 Å². The van der Waals surface area contributed by atoms with Crippen LogP contribution in [-0.2, 0) is 0 Å². The first-order chi connectivity index (χ1) is 7.52. The van der Waals surface area contributed by atoms with Crippen molar-refractivity contribution in [3.05, 3.63) is 11.8 Å². The van der Waals surface area contributed by atoms with E-state index in [2.05, 4.69) is 20.3 Å². The number of hydrazine groups is 1. The van der Waals surface area contributed by atoms with Crippen molar-refractivity contribution in [3.63, 3.8) is 0 Å². The van der Waals surface area contributed by atoms with Crippen LogP contribution in [0.25, 0.3) is 0 Å². The molecule has 0 aromatic carbocycles. The zero-order chi connectivity index (χ0) is 11.8. The summed E-state index contributed by atoms with van der Waals surface area (Å²) in [6.07, 6.45) is 2.48. The second kappa shape index (κ2) is 3.88. The van der Waals surface area contributed by atoms with Gasteiger partial charge < -0.3 is 10.0 Å². The van der Waals surface area contributed by atoms with Crippen LogP contribution < -0.4 is 16.2 Å². The Kier molecular flexibility index (Phi) is 2.69. The molecule has 0 radical (unpaired) electrons. The Balaban J connectivity index is 2.27. The van der Waals surface area contributed by atoms with Gasteiger partial charge in [0.2, 0.25) is 5.95 Å². The minimum absolute atomic E-state index is 0.396. The molecule has 16 heavy (non-hydrogen) atoms. The normalized spacial score (nSPS) is 24.9. The third-order valence-corrected chi connectivity index (χ3v) is 2.83. The van der Waals surface area contributed by atoms with E-state index >= 15 is 0 Å². The van der Waals surface area contributed by atoms with Crippen molar-refractivity contribution in [3.8, 4) is 0 Å². The number of nitrogens with one attached hydrogen (secondary N) is 1. The lowest BCUT2D eigenvalue weighted by Crippen LogP contribution is -2.30. The highest BCUT2D eigenvalue weighted by molar-refractivity contribution is 5.50. The molecule has 1 aromatic rings. The number of hydrogen-bond acceptors (Lipinski definition) is 6. The minimum atomic E-state index is -0.631. The summed E-state index contributed by atoms with van der Waals surface area (Å²) in [5.41, 5.74) is 2.78. The summed E-state index contributed by atoms with van der Waals surface area (Å²) in [7, 11) is 0. The molecule has 1 saturated heterocycles. The maximum absolute atomic E-state index is 9.92. The van der Waals surface area contributed by atoms with Gasteiger partial charge in [0.05, 0.1) is 5.60 Å². The number of aliphatic hydroxyl groups is 1. The van der Waals surface area contributed by atoms with Crippen molar-refractivity contribution in [2.45, 2.75) is 25.9 Å². The molecule has 1 aliphatic heterocycles. The zero-order valence-corrected chi connectivity index (χ0v) is 9.56. The van der Waals surface area contributed by atoms with Crippen LogP contribution in [0.3, 0.4) is 0 Å². The van der Waals surface area contributed by atoms with Gasteiger partial charge in [0.15, 0.2) is 0 Å². The predicted octanol–water partition coefficient (Wildman–Crippen LogP) is 0.0317. The predicted molar refractivity (Wildman–Crippen MR) is 62.0 cm³/mol. The molecule has 6 nitrogen and oxygen atoms in total. The number of rotatable bonds is 2. The van der Waals surface area contributed by atoms with Crippen LogP contribution in [0.15, 0.2) is 6.20 Å². The largest absolute Gasteiger partial charge is 0.388 e. The van der Waals surface area contributed by atoms with Crippen LogP contribution in [0.1, 0.15) is 18.9 Å². The first-order valence-corrected chi connectivity index (χ1v) is 5.29. The lowest BCUT2D eigenvalue weighted by atomic mass is 10.1. The van der Waals surface area contributed by atoms with Gasteiger partial charge in [0.25, 0.3) is 0 Å². The average molecular weight is 223 g/mol. The maximum Gasteiger partial charge on any atom is 0.239 e. The molecule has 88 valence electrons. The van der Waals surface area contributed by atoms with Crippen LogP contribution >= 0.6 is 0 Å². The fourth-order valence-electron chi connectivity index (χ4n) is 1.95. The Morgan fingerprint density at radius 2 is 2.38 bits per heavy atom. The van der Waals surface area contributed by atoms with E-state index in [-0.39, 0.29) is 0 Å². The van der Waals surface area contributed by atoms with E-state index in [9.17, 15) is 5.11 Å². The second-order valence-corrected chi connectivity index (χ2v) is 4.51. The first-order valence-electron chi connectivity index (χ1n) is 5.29. The quantitative estimate of drug-likeness (QED) is 0.484. The first kappa shape index (κ1) is 11.1. The van der Waals surface area contributed by atoms with Crippen molar-refractivity contribution in [1.82, 2.24) is 9.97 Å². The standard InChI is InChI=1S/C10H17N5O/c1-7-5-12-9(14-11)13-8(7)15-4-3-10(2,16)6-15/h5,16H,3-4,6,11H2,1-2H3,(H,12,13,14). The number of β-amino-alcohol motifs (C(OH)–C–C–N with tert-alkyl or cyclic N) is 1. The Morgan fingerprint density at radius 1 is 1.62 bits per heavy atom. The summed E-state index contributed by atoms with van der Waals surface area (Å²) < 4.78 is 0. The Morgan fingerprint density at radius 3 is 2.94 bits per heavy atom. The van der Waals surface area contributed by atoms with Crippen LogP contribution in [0.5, 0.6) is 0 Å². The summed E-state index contributed by atoms with van der Waals surface area (Å²) in [5.74, 6) is 6.51. The summed E-state index contributed by atoms with van der Waals surface area (Å²) in [6, 6.07) is 0. The van der Waals surface area contributed by atoms with E-state index < -0.39 is 5.60 Å². The molecule has 0 saturated carbocycles. The molecule has 1 aromatic heterocycles. The highest BCUT2D eigenvalue weighted by Gasteiger charge is 2.32. The number of aromatic nitrogens is 2. The molecule has 2 rings (SSSR count). The molecule has 2 heterocycles. The van der Waals surface area contributed by atoms with Crippen LogP contribution in [0.2, 0.25) is 0 Å². The van der Waals surface area contributed by atoms with Crippen molar-refractivity contribution < 1.29 is 5.11 Å². The van der Waals surface area contributed by atoms with Gasteiger partial charge in [-0.3, -0.25) is 5.43 Å². The van der Waals surface area contributed by atoms with Gasteiger partial charge in [-0.1, -0.05) is 0 Å². The van der Waals surface area contributed by atoms with Gasteiger partial charge in [-0.05, 0) is 20.3 Å². The second-order valence-electron chi connectivity index (χ2n) is 4.51. The van der Waals surface area contributed by atoms with E-state index in [0.717, 1.165) is 24.3 Å². The third kappa shape index (κ3) is 2.07. The van der Waals surface area contributed by atoms with E-state index in [1.54, 1.807) is 6.20 Å². The van der Waals surface area contributed by atoms with Gasteiger partial charge >= 0.3 is 0 Å². The minimum Gasteiger partial charge on any atom is -0.388 e. The van der Waals surface area contributed by atoms with Gasteiger partial charge in [-0.25, -0.2) is 10.8 Å². The van der Waals surface area contributed by atoms with Crippen molar-refractivity contribution >= 4 is 11.8 Å². The molecule has 6 heteroatoms. The van der Waals surface area contributed by atoms with Crippen molar-refractivity contribution in [2.75, 3.05) is 23.4 Å². The Labute approximate surface area is 94.5 Å². The molecule has 1 fully saturated rings. The Bertz CT molecular complexity index is 393. The number of nitrogens with two attached hydrogens (primary N) is 1. The van der Waals surface area contributed by atoms with Gasteiger partial charge in [0.1, 0.15) is 5.82 Å². The highest BCUT2D eigenvalue weighted by Crippen LogP contribution is 2.27. The molecule has 0 aliphatic carbocycles. The molecule has 0 bridgehead atoms. The molecule has 0 amide bonds. The summed E-state index contributed by atoms with van der Waals surface area (Å²) >= 11 is 0. The number of anilines is 2. The summed E-state index contributed by atoms with van der Waals surface area (Å²) in [5, 5.41) is 9.92. The number of hydrogen-bond donors (Lipinski definition) is 3. The molecule has 1 unspecified atom stereocenters. The van der Waals surface area contributed by atoms with Crippen molar-refractivity contribution in [1.29, 1.82) is 0 Å². The molecular formula is C10H17N5O. The lowest BCUT2D eigenvalue weighted by molar-refractivity contribution is 0.0839. The summed E-state index contributed by atoms with van der Waals surface area (Å²) in [6.45, 7) is 5.18. The molecular weight excluding hydrogens is 206 g/mol. The molecule has 1 atom stereocenters. The molecule has 0 spiro atoms. The molecule has 4 N–H and O–H groups in total. The number of nitrogens with zero attached hydrogens (tertiary/aromatic N) is 3. The maximum atomic E-state index is 9.92. The van der Waals surface area contributed by atoms with Crippen LogP contribution in [0.4, 0.5) is 11.8 Å². The highest BCUT2D eigenvalue weighted by atomic mass is 16.3. The van der Waals surface area contributed by atoms with E-state index in [1.807, 2.05) is 13.8 Å². The fourth-order valence-corrected chi connectivity index (χ4v) is 1.95. The SMILES string of the molecule is Cc1cnc(NN)nc1N1CCC(C)(O)C1. The van der Waals surface area contributed by atoms with E-state index in [4.69, 9.17) is 5.84 Å². The fraction of sp³-hybridized carbons (Fsp3) is 0.600. The number of aryl methyl sites for hydroxylation is 1. The van der Waals surface area contributed by atoms with Crippen LogP contribution in [-0.4, -0.2) is 33.8 Å². The summed E-state index contributed by atoms with van der Waals surface area (Å²) in [4.78, 5) is 10.4. The smallest absolute Gasteiger partial charge is 0.239 e. The van der Waals surface area contributed by atoms with E-state index in [0.29, 0.717) is 12.5 Å². The Hall–Kier alpha value is -1.40. The number of nitrogen functional groups attached to an aromatic ring is 1. The monoisotopic (exact) mass is 223 g/mol. The van der Waals surface area contributed by atoms with Crippen molar-refractivity contribution in [2.24, 2.45) is 5.84 Å². The average Bonchev–Trinajstić information content (AvgIpc) is 2.59. The van der Waals surface area contributed by atoms with Gasteiger partial charge in [-0.2, -0.15) is 4.98 Å². The van der Waals surface area contributed by atoms with Crippen LogP contribution in [0, 0.1) is 6.92 Å². The zero-order valence-electron chi connectivity index (χ0n) is 9.56. The van der Waals surface area contributed by atoms with E-state index in [1.165, 1.54) is 0 Å². The molecule has 1 aliphatic rings.